The molecule has 1 atom stereocenters. The second-order valence-corrected chi connectivity index (χ2v) is 5.86. The first-order chi connectivity index (χ1) is 9.15. The van der Waals surface area contributed by atoms with Crippen molar-refractivity contribution >= 4 is 28.5 Å². The van der Waals surface area contributed by atoms with Crippen LogP contribution in [0.4, 0.5) is 0 Å². The molecule has 0 aromatic heterocycles. The van der Waals surface area contributed by atoms with Gasteiger partial charge < -0.3 is 9.64 Å². The minimum absolute atomic E-state index is 0.249. The highest BCUT2D eigenvalue weighted by atomic mass is 127. The van der Waals surface area contributed by atoms with Gasteiger partial charge in [-0.3, -0.25) is 4.79 Å². The van der Waals surface area contributed by atoms with E-state index >= 15 is 0 Å². The first-order valence-electron chi connectivity index (χ1n) is 6.38. The number of carbonyl (C=O) groups excluding carboxylic acids is 1. The van der Waals surface area contributed by atoms with Gasteiger partial charge in [0, 0.05) is 22.6 Å². The summed E-state index contributed by atoms with van der Waals surface area (Å²) in [4.78, 5) is 13.9. The van der Waals surface area contributed by atoms with Gasteiger partial charge in [-0.2, -0.15) is 0 Å². The Hall–Kier alpha value is -1.04. The molecule has 1 fully saturated rings. The molecule has 1 aliphatic rings. The Morgan fingerprint density at radius 2 is 2.37 bits per heavy atom. The molecule has 102 valence electrons. The Bertz CT molecular complexity index is 487. The van der Waals surface area contributed by atoms with Gasteiger partial charge in [0.15, 0.2) is 0 Å². The molecular weight excluding hydrogens is 353 g/mol. The molecule has 1 aliphatic heterocycles. The second kappa shape index (κ2) is 6.41. The zero-order valence-electron chi connectivity index (χ0n) is 11.1. The molecule has 0 bridgehead atoms. The third kappa shape index (κ3) is 3.29. The standard InChI is InChI=1S/C15H18INO2/c1-3-4-12-6-8-15(18)17(12)10-11-5-7-13(19-2)9-14(11)16/h3,5,7,9,12H,1,4,6,8,10H2,2H3. The highest BCUT2D eigenvalue weighted by Gasteiger charge is 2.30. The zero-order valence-corrected chi connectivity index (χ0v) is 13.2. The van der Waals surface area contributed by atoms with Gasteiger partial charge in [-0.15, -0.1) is 6.58 Å². The van der Waals surface area contributed by atoms with Crippen molar-refractivity contribution in [2.45, 2.75) is 31.8 Å². The Morgan fingerprint density at radius 3 is 3.00 bits per heavy atom. The third-order valence-corrected chi connectivity index (χ3v) is 4.50. The van der Waals surface area contributed by atoms with Gasteiger partial charge in [0.2, 0.25) is 5.91 Å². The summed E-state index contributed by atoms with van der Waals surface area (Å²) in [5.41, 5.74) is 1.17. The van der Waals surface area contributed by atoms with Crippen molar-refractivity contribution in [2.24, 2.45) is 0 Å². The molecule has 0 N–H and O–H groups in total. The average molecular weight is 371 g/mol. The van der Waals surface area contributed by atoms with E-state index in [1.807, 2.05) is 29.2 Å². The maximum Gasteiger partial charge on any atom is 0.223 e. The fourth-order valence-electron chi connectivity index (χ4n) is 2.41. The van der Waals surface area contributed by atoms with Crippen LogP contribution in [0.1, 0.15) is 24.8 Å². The molecule has 4 heteroatoms. The molecule has 1 aromatic rings. The molecule has 1 aromatic carbocycles. The number of rotatable bonds is 5. The molecule has 1 heterocycles. The maximum atomic E-state index is 12.0. The number of halogens is 1. The molecule has 0 saturated carbocycles. The normalized spacial score (nSPS) is 18.7. The van der Waals surface area contributed by atoms with Gasteiger partial charge in [0.1, 0.15) is 5.75 Å². The fourth-order valence-corrected chi connectivity index (χ4v) is 3.07. The summed E-state index contributed by atoms with van der Waals surface area (Å²) in [5.74, 6) is 1.10. The lowest BCUT2D eigenvalue weighted by Crippen LogP contribution is -2.32. The van der Waals surface area contributed by atoms with E-state index in [1.54, 1.807) is 7.11 Å². The minimum Gasteiger partial charge on any atom is -0.497 e. The summed E-state index contributed by atoms with van der Waals surface area (Å²) in [6, 6.07) is 6.29. The Balaban J connectivity index is 2.15. The van der Waals surface area contributed by atoms with Gasteiger partial charge in [-0.1, -0.05) is 12.1 Å². The smallest absolute Gasteiger partial charge is 0.223 e. The molecule has 1 amide bonds. The first kappa shape index (κ1) is 14.4. The molecule has 1 saturated heterocycles. The van der Waals surface area contributed by atoms with Crippen molar-refractivity contribution < 1.29 is 9.53 Å². The number of benzene rings is 1. The van der Waals surface area contributed by atoms with E-state index in [0.717, 1.165) is 22.2 Å². The number of methoxy groups -OCH3 is 1. The van der Waals surface area contributed by atoms with Crippen molar-refractivity contribution in [3.8, 4) is 5.75 Å². The zero-order chi connectivity index (χ0) is 13.8. The van der Waals surface area contributed by atoms with Gasteiger partial charge >= 0.3 is 0 Å². The van der Waals surface area contributed by atoms with Gasteiger partial charge in [-0.05, 0) is 53.1 Å². The predicted molar refractivity (Wildman–Crippen MR) is 84.1 cm³/mol. The number of hydrogen-bond acceptors (Lipinski definition) is 2. The van der Waals surface area contributed by atoms with Crippen LogP contribution in [0.15, 0.2) is 30.9 Å². The largest absolute Gasteiger partial charge is 0.497 e. The van der Waals surface area contributed by atoms with Crippen LogP contribution < -0.4 is 4.74 Å². The summed E-state index contributed by atoms with van der Waals surface area (Å²) in [6.45, 7) is 4.46. The number of hydrogen-bond donors (Lipinski definition) is 0. The lowest BCUT2D eigenvalue weighted by molar-refractivity contribution is -0.129. The predicted octanol–water partition coefficient (Wildman–Crippen LogP) is 3.37. The fraction of sp³-hybridized carbons (Fsp3) is 0.400. The van der Waals surface area contributed by atoms with Crippen molar-refractivity contribution in [1.82, 2.24) is 4.90 Å². The Kier molecular flexibility index (Phi) is 4.85. The van der Waals surface area contributed by atoms with Crippen LogP contribution in [0, 0.1) is 3.57 Å². The van der Waals surface area contributed by atoms with Crippen LogP contribution in [0.2, 0.25) is 0 Å². The van der Waals surface area contributed by atoms with Gasteiger partial charge in [0.05, 0.1) is 7.11 Å². The highest BCUT2D eigenvalue weighted by Crippen LogP contribution is 2.27. The quantitative estimate of drug-likeness (QED) is 0.587. The van der Waals surface area contributed by atoms with Crippen LogP contribution in [0.25, 0.3) is 0 Å². The molecule has 0 spiro atoms. The van der Waals surface area contributed by atoms with Crippen molar-refractivity contribution in [3.63, 3.8) is 0 Å². The Labute approximate surface area is 127 Å². The van der Waals surface area contributed by atoms with E-state index in [9.17, 15) is 4.79 Å². The second-order valence-electron chi connectivity index (χ2n) is 4.70. The molecule has 3 nitrogen and oxygen atoms in total. The van der Waals surface area contributed by atoms with E-state index in [4.69, 9.17) is 4.74 Å². The molecule has 19 heavy (non-hydrogen) atoms. The van der Waals surface area contributed by atoms with Crippen molar-refractivity contribution in [2.75, 3.05) is 7.11 Å². The third-order valence-electron chi connectivity index (χ3n) is 3.49. The van der Waals surface area contributed by atoms with E-state index in [0.29, 0.717) is 19.0 Å². The summed E-state index contributed by atoms with van der Waals surface area (Å²) >= 11 is 2.29. The lowest BCUT2D eigenvalue weighted by Gasteiger charge is -2.24. The number of ether oxygens (including phenoxy) is 1. The monoisotopic (exact) mass is 371 g/mol. The summed E-state index contributed by atoms with van der Waals surface area (Å²) in [7, 11) is 1.66. The average Bonchev–Trinajstić information content (AvgIpc) is 2.74. The first-order valence-corrected chi connectivity index (χ1v) is 7.46. The topological polar surface area (TPSA) is 29.5 Å². The molecule has 1 unspecified atom stereocenters. The van der Waals surface area contributed by atoms with Crippen LogP contribution in [-0.2, 0) is 11.3 Å². The molecule has 0 radical (unpaired) electrons. The SMILES string of the molecule is C=CCC1CCC(=O)N1Cc1ccc(OC)cc1I. The summed E-state index contributed by atoms with van der Waals surface area (Å²) in [6.07, 6.45) is 4.37. The van der Waals surface area contributed by atoms with Crippen molar-refractivity contribution in [1.29, 1.82) is 0 Å². The highest BCUT2D eigenvalue weighted by molar-refractivity contribution is 14.1. The van der Waals surface area contributed by atoms with E-state index < -0.39 is 0 Å². The van der Waals surface area contributed by atoms with Crippen LogP contribution in [0.3, 0.4) is 0 Å². The molecule has 0 aliphatic carbocycles. The van der Waals surface area contributed by atoms with Crippen molar-refractivity contribution in [3.05, 3.63) is 40.0 Å². The van der Waals surface area contributed by atoms with Gasteiger partial charge in [-0.25, -0.2) is 0 Å². The minimum atomic E-state index is 0.249. The Morgan fingerprint density at radius 1 is 1.58 bits per heavy atom. The van der Waals surface area contributed by atoms with Crippen LogP contribution in [-0.4, -0.2) is 24.0 Å². The van der Waals surface area contributed by atoms with Crippen LogP contribution >= 0.6 is 22.6 Å². The van der Waals surface area contributed by atoms with E-state index in [2.05, 4.69) is 29.2 Å². The van der Waals surface area contributed by atoms with E-state index in [-0.39, 0.29) is 5.91 Å². The number of amides is 1. The number of likely N-dealkylation sites (tertiary alicyclic amines) is 1. The number of carbonyl (C=O) groups is 1. The molecule has 2 rings (SSSR count). The van der Waals surface area contributed by atoms with Gasteiger partial charge in [0.25, 0.3) is 0 Å². The maximum absolute atomic E-state index is 12.0. The summed E-state index contributed by atoms with van der Waals surface area (Å²) in [5, 5.41) is 0. The van der Waals surface area contributed by atoms with Crippen LogP contribution in [0.5, 0.6) is 5.75 Å². The molecular formula is C15H18INO2. The van der Waals surface area contributed by atoms with E-state index in [1.165, 1.54) is 5.56 Å². The lowest BCUT2D eigenvalue weighted by atomic mass is 10.1. The number of nitrogens with zero attached hydrogens (tertiary/aromatic N) is 1. The summed E-state index contributed by atoms with van der Waals surface area (Å²) < 4.78 is 6.34.